The molecular weight excluding hydrogens is 222 g/mol. The molecule has 2 aliphatic rings. The molecule has 1 saturated heterocycles. The molecule has 0 amide bonds. The van der Waals surface area contributed by atoms with Crippen molar-refractivity contribution in [2.24, 2.45) is 0 Å². The minimum atomic E-state index is -0.161. The van der Waals surface area contributed by atoms with Gasteiger partial charge < -0.3 is 14.2 Å². The topological polar surface area (TPSA) is 47.8 Å². The Balaban J connectivity index is 1.65. The number of benzene rings is 1. The van der Waals surface area contributed by atoms with E-state index in [0.29, 0.717) is 0 Å². The monoisotopic (exact) mass is 235 g/mol. The van der Waals surface area contributed by atoms with E-state index in [-0.39, 0.29) is 18.8 Å². The molecule has 0 saturated carbocycles. The highest BCUT2D eigenvalue weighted by atomic mass is 16.7. The number of rotatable bonds is 3. The van der Waals surface area contributed by atoms with Crippen molar-refractivity contribution >= 4 is 5.97 Å². The lowest BCUT2D eigenvalue weighted by molar-refractivity contribution is -0.140. The summed E-state index contributed by atoms with van der Waals surface area (Å²) >= 11 is 0. The van der Waals surface area contributed by atoms with Crippen LogP contribution in [0.5, 0.6) is 11.5 Å². The van der Waals surface area contributed by atoms with Crippen molar-refractivity contribution in [1.82, 2.24) is 4.90 Å². The van der Waals surface area contributed by atoms with Gasteiger partial charge in [0.15, 0.2) is 11.5 Å². The lowest BCUT2D eigenvalue weighted by Gasteiger charge is -2.04. The van der Waals surface area contributed by atoms with Gasteiger partial charge in [-0.2, -0.15) is 0 Å². The zero-order valence-corrected chi connectivity index (χ0v) is 9.51. The van der Waals surface area contributed by atoms with E-state index in [4.69, 9.17) is 14.2 Å². The Labute approximate surface area is 98.9 Å². The Morgan fingerprint density at radius 2 is 2.29 bits per heavy atom. The zero-order chi connectivity index (χ0) is 11.8. The van der Waals surface area contributed by atoms with E-state index in [1.54, 1.807) is 0 Å². The summed E-state index contributed by atoms with van der Waals surface area (Å²) in [6, 6.07) is 5.76. The zero-order valence-electron chi connectivity index (χ0n) is 9.51. The molecule has 0 radical (unpaired) electrons. The second kappa shape index (κ2) is 3.92. The maximum atomic E-state index is 11.3. The van der Waals surface area contributed by atoms with Crippen LogP contribution in [-0.4, -0.2) is 37.4 Å². The molecule has 1 unspecified atom stereocenters. The van der Waals surface area contributed by atoms with E-state index in [9.17, 15) is 4.79 Å². The van der Waals surface area contributed by atoms with E-state index >= 15 is 0 Å². The standard InChI is InChI=1S/C12H13NO4/c1-15-12(14)9-6-13(9)5-8-2-3-10-11(4-8)17-7-16-10/h2-4,9H,5-7H2,1H3/t9-,13?/m0/s1. The highest BCUT2D eigenvalue weighted by molar-refractivity contribution is 5.78. The number of carbonyl (C=O) groups excluding carboxylic acids is 1. The summed E-state index contributed by atoms with van der Waals surface area (Å²) in [5.41, 5.74) is 1.11. The van der Waals surface area contributed by atoms with Crippen molar-refractivity contribution in [3.05, 3.63) is 23.8 Å². The van der Waals surface area contributed by atoms with Crippen LogP contribution in [0.4, 0.5) is 0 Å². The molecule has 5 heteroatoms. The molecule has 17 heavy (non-hydrogen) atoms. The van der Waals surface area contributed by atoms with E-state index in [2.05, 4.69) is 0 Å². The summed E-state index contributed by atoms with van der Waals surface area (Å²) in [7, 11) is 1.42. The Kier molecular flexibility index (Phi) is 2.40. The summed E-state index contributed by atoms with van der Waals surface area (Å²) in [5, 5.41) is 0. The van der Waals surface area contributed by atoms with Gasteiger partial charge in [-0.25, -0.2) is 0 Å². The van der Waals surface area contributed by atoms with E-state index < -0.39 is 0 Å². The molecule has 1 fully saturated rings. The van der Waals surface area contributed by atoms with Crippen molar-refractivity contribution in [2.75, 3.05) is 20.4 Å². The van der Waals surface area contributed by atoms with E-state index in [0.717, 1.165) is 30.2 Å². The molecule has 0 aliphatic carbocycles. The summed E-state index contributed by atoms with van der Waals surface area (Å²) < 4.78 is 15.2. The molecule has 1 aromatic rings. The number of esters is 1. The first-order valence-electron chi connectivity index (χ1n) is 5.48. The third kappa shape index (κ3) is 1.93. The molecule has 5 nitrogen and oxygen atoms in total. The minimum Gasteiger partial charge on any atom is -0.468 e. The number of fused-ring (bicyclic) bond motifs is 1. The Morgan fingerprint density at radius 3 is 3.12 bits per heavy atom. The molecule has 3 rings (SSSR count). The van der Waals surface area contributed by atoms with Crippen molar-refractivity contribution in [2.45, 2.75) is 12.6 Å². The van der Waals surface area contributed by atoms with Crippen molar-refractivity contribution in [3.63, 3.8) is 0 Å². The van der Waals surface area contributed by atoms with Gasteiger partial charge in [-0.3, -0.25) is 9.69 Å². The average molecular weight is 235 g/mol. The Morgan fingerprint density at radius 1 is 1.47 bits per heavy atom. The smallest absolute Gasteiger partial charge is 0.324 e. The maximum Gasteiger partial charge on any atom is 0.324 e. The minimum absolute atomic E-state index is 0.0783. The van der Waals surface area contributed by atoms with Crippen LogP contribution in [0.3, 0.4) is 0 Å². The quantitative estimate of drug-likeness (QED) is 0.572. The Bertz CT molecular complexity index is 460. The molecule has 0 aromatic heterocycles. The van der Waals surface area contributed by atoms with Gasteiger partial charge in [-0.15, -0.1) is 0 Å². The van der Waals surface area contributed by atoms with Gasteiger partial charge >= 0.3 is 5.97 Å². The summed E-state index contributed by atoms with van der Waals surface area (Å²) in [6.07, 6.45) is 0. The number of methoxy groups -OCH3 is 1. The van der Waals surface area contributed by atoms with Crippen LogP contribution in [0, 0.1) is 0 Å². The van der Waals surface area contributed by atoms with Gasteiger partial charge in [-0.05, 0) is 17.7 Å². The molecule has 2 atom stereocenters. The molecular formula is C12H13NO4. The van der Waals surface area contributed by atoms with Crippen LogP contribution in [0.25, 0.3) is 0 Å². The fourth-order valence-corrected chi connectivity index (χ4v) is 1.98. The third-order valence-corrected chi connectivity index (χ3v) is 3.01. The van der Waals surface area contributed by atoms with Crippen molar-refractivity contribution < 1.29 is 19.0 Å². The Hall–Kier alpha value is -1.75. The lowest BCUT2D eigenvalue weighted by Crippen LogP contribution is -2.14. The van der Waals surface area contributed by atoms with Crippen LogP contribution in [0.2, 0.25) is 0 Å². The van der Waals surface area contributed by atoms with Gasteiger partial charge in [0.1, 0.15) is 6.04 Å². The van der Waals surface area contributed by atoms with Gasteiger partial charge in [0.05, 0.1) is 7.11 Å². The number of nitrogens with zero attached hydrogens (tertiary/aromatic N) is 1. The van der Waals surface area contributed by atoms with Crippen LogP contribution in [0.1, 0.15) is 5.56 Å². The first kappa shape index (κ1) is 10.4. The van der Waals surface area contributed by atoms with Crippen LogP contribution < -0.4 is 9.47 Å². The first-order chi connectivity index (χ1) is 8.28. The maximum absolute atomic E-state index is 11.3. The molecule has 0 spiro atoms. The average Bonchev–Trinajstić information content (AvgIpc) is 2.94. The van der Waals surface area contributed by atoms with E-state index in [1.807, 2.05) is 23.1 Å². The second-order valence-corrected chi connectivity index (χ2v) is 4.16. The highest BCUT2D eigenvalue weighted by Gasteiger charge is 2.41. The summed E-state index contributed by atoms with van der Waals surface area (Å²) in [6.45, 7) is 1.78. The number of carbonyl (C=O) groups is 1. The number of hydrogen-bond donors (Lipinski definition) is 0. The fraction of sp³-hybridized carbons (Fsp3) is 0.417. The van der Waals surface area contributed by atoms with Crippen LogP contribution >= 0.6 is 0 Å². The summed E-state index contributed by atoms with van der Waals surface area (Å²) in [4.78, 5) is 13.3. The molecule has 0 N–H and O–H groups in total. The van der Waals surface area contributed by atoms with Crippen molar-refractivity contribution in [3.8, 4) is 11.5 Å². The fourth-order valence-electron chi connectivity index (χ4n) is 1.98. The predicted octanol–water partition coefficient (Wildman–Crippen LogP) is 0.772. The third-order valence-electron chi connectivity index (χ3n) is 3.01. The van der Waals surface area contributed by atoms with Gasteiger partial charge in [0.2, 0.25) is 6.79 Å². The van der Waals surface area contributed by atoms with E-state index in [1.165, 1.54) is 7.11 Å². The normalized spacial score (nSPS) is 24.5. The highest BCUT2D eigenvalue weighted by Crippen LogP contribution is 2.33. The largest absolute Gasteiger partial charge is 0.468 e. The second-order valence-electron chi connectivity index (χ2n) is 4.16. The van der Waals surface area contributed by atoms with Gasteiger partial charge in [-0.1, -0.05) is 6.07 Å². The lowest BCUT2D eigenvalue weighted by atomic mass is 10.2. The predicted molar refractivity (Wildman–Crippen MR) is 58.8 cm³/mol. The SMILES string of the molecule is COC(=O)[C@@H]1CN1Cc1ccc2c(c1)OCO2. The summed E-state index contributed by atoms with van der Waals surface area (Å²) in [5.74, 6) is 1.40. The number of ether oxygens (including phenoxy) is 3. The first-order valence-corrected chi connectivity index (χ1v) is 5.48. The molecule has 1 aromatic carbocycles. The van der Waals surface area contributed by atoms with Gasteiger partial charge in [0.25, 0.3) is 0 Å². The van der Waals surface area contributed by atoms with Gasteiger partial charge in [0, 0.05) is 13.1 Å². The van der Waals surface area contributed by atoms with Crippen LogP contribution in [0.15, 0.2) is 18.2 Å². The molecule has 2 heterocycles. The van der Waals surface area contributed by atoms with Crippen molar-refractivity contribution in [1.29, 1.82) is 0 Å². The molecule has 0 bridgehead atoms. The number of hydrogen-bond acceptors (Lipinski definition) is 5. The molecule has 2 aliphatic heterocycles. The van der Waals surface area contributed by atoms with Crippen LogP contribution in [-0.2, 0) is 16.1 Å². The molecule has 90 valence electrons.